The van der Waals surface area contributed by atoms with Gasteiger partial charge in [-0.1, -0.05) is 30.3 Å². The number of allylic oxidation sites excluding steroid dienone is 1. The minimum absolute atomic E-state index is 0.0361. The molecule has 3 aliphatic heterocycles. The normalized spacial score (nSPS) is 21.3. The average Bonchev–Trinajstić information content (AvgIpc) is 3.24. The number of aliphatic hydroxyl groups excluding tert-OH is 1. The fourth-order valence-corrected chi connectivity index (χ4v) is 4.37. The highest BCUT2D eigenvalue weighted by molar-refractivity contribution is 6.29. The first-order valence-electron chi connectivity index (χ1n) is 10.9. The second-order valence-corrected chi connectivity index (χ2v) is 8.07. The van der Waals surface area contributed by atoms with Gasteiger partial charge in [0.15, 0.2) is 12.4 Å². The van der Waals surface area contributed by atoms with Crippen LogP contribution in [0.2, 0.25) is 0 Å². The summed E-state index contributed by atoms with van der Waals surface area (Å²) in [7, 11) is 0. The Hall–Kier alpha value is -3.09. The summed E-state index contributed by atoms with van der Waals surface area (Å²) in [5.41, 5.74) is 5.59. The molecule has 0 amide bonds. The number of fused-ring (bicyclic) bond motifs is 2. The number of hydrogen-bond donors (Lipinski definition) is 2. The van der Waals surface area contributed by atoms with Gasteiger partial charge in [0.1, 0.15) is 18.1 Å². The number of ether oxygens (including phenoxy) is 1. The SMILES string of the molecule is OCc1cc2c(cc1OCc1ccccc1)CCNC2CCC1=NC2N=CC=C[N+]2=C1. The van der Waals surface area contributed by atoms with Gasteiger partial charge in [0, 0.05) is 23.9 Å². The summed E-state index contributed by atoms with van der Waals surface area (Å²) in [6.45, 7) is 1.40. The van der Waals surface area contributed by atoms with Crippen LogP contribution in [-0.2, 0) is 19.6 Å². The Morgan fingerprint density at radius 1 is 1.19 bits per heavy atom. The first-order chi connectivity index (χ1) is 15.3. The van der Waals surface area contributed by atoms with Crippen LogP contribution in [0.3, 0.4) is 0 Å². The van der Waals surface area contributed by atoms with Crippen molar-refractivity contribution in [3.05, 3.63) is 77.0 Å². The molecule has 2 unspecified atom stereocenters. The maximum Gasteiger partial charge on any atom is 0.351 e. The molecule has 0 aliphatic carbocycles. The van der Waals surface area contributed by atoms with Gasteiger partial charge in [0.05, 0.1) is 6.61 Å². The lowest BCUT2D eigenvalue weighted by atomic mass is 9.89. The van der Waals surface area contributed by atoms with Crippen LogP contribution in [0.25, 0.3) is 0 Å². The summed E-state index contributed by atoms with van der Waals surface area (Å²) in [5, 5.41) is 13.6. The summed E-state index contributed by atoms with van der Waals surface area (Å²) in [6.07, 6.45) is 10.5. The first-order valence-corrected chi connectivity index (χ1v) is 10.9. The highest BCUT2D eigenvalue weighted by Crippen LogP contribution is 2.33. The summed E-state index contributed by atoms with van der Waals surface area (Å²) < 4.78 is 8.12. The quantitative estimate of drug-likeness (QED) is 0.683. The number of nitrogens with zero attached hydrogens (tertiary/aromatic N) is 3. The van der Waals surface area contributed by atoms with Crippen molar-refractivity contribution in [1.29, 1.82) is 0 Å². The molecule has 0 fully saturated rings. The predicted octanol–water partition coefficient (Wildman–Crippen LogP) is 3.14. The van der Waals surface area contributed by atoms with Crippen LogP contribution in [0.4, 0.5) is 0 Å². The van der Waals surface area contributed by atoms with Gasteiger partial charge in [-0.25, -0.2) is 4.99 Å². The molecular formula is C25H27N4O2+. The monoisotopic (exact) mass is 415 g/mol. The molecule has 2 N–H and O–H groups in total. The van der Waals surface area contributed by atoms with E-state index in [1.54, 1.807) is 6.21 Å². The molecule has 158 valence electrons. The third-order valence-electron chi connectivity index (χ3n) is 5.99. The highest BCUT2D eigenvalue weighted by Gasteiger charge is 2.28. The molecule has 0 radical (unpaired) electrons. The van der Waals surface area contributed by atoms with E-state index < -0.39 is 0 Å². The van der Waals surface area contributed by atoms with Crippen molar-refractivity contribution >= 4 is 18.1 Å². The number of nitrogens with one attached hydrogen (secondary N) is 1. The zero-order chi connectivity index (χ0) is 21.0. The molecule has 6 nitrogen and oxygen atoms in total. The van der Waals surface area contributed by atoms with E-state index in [0.717, 1.165) is 48.4 Å². The lowest BCUT2D eigenvalue weighted by Gasteiger charge is -2.28. The molecule has 0 aromatic heterocycles. The summed E-state index contributed by atoms with van der Waals surface area (Å²) in [6, 6.07) is 14.6. The molecule has 31 heavy (non-hydrogen) atoms. The number of aliphatic imine (C=N–C) groups is 2. The van der Waals surface area contributed by atoms with Gasteiger partial charge in [-0.15, -0.1) is 0 Å². The smallest absolute Gasteiger partial charge is 0.351 e. The molecule has 2 atom stereocenters. The van der Waals surface area contributed by atoms with Crippen LogP contribution >= 0.6 is 0 Å². The average molecular weight is 416 g/mol. The van der Waals surface area contributed by atoms with E-state index >= 15 is 0 Å². The van der Waals surface area contributed by atoms with Gasteiger partial charge < -0.3 is 15.2 Å². The summed E-state index contributed by atoms with van der Waals surface area (Å²) >= 11 is 0. The highest BCUT2D eigenvalue weighted by atomic mass is 16.5. The van der Waals surface area contributed by atoms with Gasteiger partial charge >= 0.3 is 6.29 Å². The Morgan fingerprint density at radius 2 is 2.10 bits per heavy atom. The minimum atomic E-state index is -0.128. The van der Waals surface area contributed by atoms with Gasteiger partial charge in [-0.3, -0.25) is 0 Å². The van der Waals surface area contributed by atoms with Gasteiger partial charge in [-0.2, -0.15) is 9.57 Å². The summed E-state index contributed by atoms with van der Waals surface area (Å²) in [5.74, 6) is 0.778. The van der Waals surface area contributed by atoms with Crippen molar-refractivity contribution in [3.63, 3.8) is 0 Å². The Morgan fingerprint density at radius 3 is 2.94 bits per heavy atom. The molecule has 2 aromatic rings. The minimum Gasteiger partial charge on any atom is -0.489 e. The number of aliphatic hydroxyl groups is 1. The summed E-state index contributed by atoms with van der Waals surface area (Å²) in [4.78, 5) is 9.08. The van der Waals surface area contributed by atoms with Gasteiger partial charge in [0.2, 0.25) is 0 Å². The van der Waals surface area contributed by atoms with Crippen LogP contribution in [0.15, 0.2) is 64.7 Å². The second-order valence-electron chi connectivity index (χ2n) is 8.07. The van der Waals surface area contributed by atoms with E-state index in [-0.39, 0.29) is 18.9 Å². The van der Waals surface area contributed by atoms with E-state index in [9.17, 15) is 5.11 Å². The molecule has 0 saturated heterocycles. The number of rotatable bonds is 7. The van der Waals surface area contributed by atoms with E-state index in [1.165, 1.54) is 11.1 Å². The van der Waals surface area contributed by atoms with Crippen LogP contribution in [0.1, 0.15) is 41.1 Å². The zero-order valence-corrected chi connectivity index (χ0v) is 17.4. The lowest BCUT2D eigenvalue weighted by molar-refractivity contribution is -0.487. The van der Waals surface area contributed by atoms with Crippen LogP contribution in [0, 0.1) is 0 Å². The van der Waals surface area contributed by atoms with Crippen molar-refractivity contribution in [2.45, 2.75) is 44.8 Å². The van der Waals surface area contributed by atoms with Crippen molar-refractivity contribution in [2.24, 2.45) is 9.98 Å². The molecule has 5 rings (SSSR count). The van der Waals surface area contributed by atoms with Crippen molar-refractivity contribution in [1.82, 2.24) is 5.32 Å². The van der Waals surface area contributed by atoms with Crippen LogP contribution < -0.4 is 10.1 Å². The number of hydrogen-bond acceptors (Lipinski definition) is 5. The molecule has 0 saturated carbocycles. The zero-order valence-electron chi connectivity index (χ0n) is 17.4. The third kappa shape index (κ3) is 4.36. The molecule has 0 spiro atoms. The van der Waals surface area contributed by atoms with Crippen molar-refractivity contribution in [2.75, 3.05) is 6.54 Å². The lowest BCUT2D eigenvalue weighted by Crippen LogP contribution is -2.30. The molecule has 3 aliphatic rings. The molecular weight excluding hydrogens is 388 g/mol. The maximum atomic E-state index is 9.97. The maximum absolute atomic E-state index is 9.97. The van der Waals surface area contributed by atoms with Crippen molar-refractivity contribution < 1.29 is 14.4 Å². The third-order valence-corrected chi connectivity index (χ3v) is 5.99. The Kier molecular flexibility index (Phi) is 5.74. The predicted molar refractivity (Wildman–Crippen MR) is 122 cm³/mol. The van der Waals surface area contributed by atoms with E-state index in [0.29, 0.717) is 6.61 Å². The van der Waals surface area contributed by atoms with Gasteiger partial charge in [0.25, 0.3) is 0 Å². The Balaban J connectivity index is 1.30. The Bertz CT molecular complexity index is 1070. The van der Waals surface area contributed by atoms with E-state index in [4.69, 9.17) is 9.73 Å². The topological polar surface area (TPSA) is 69.2 Å². The molecule has 2 aromatic carbocycles. The largest absolute Gasteiger partial charge is 0.489 e. The number of benzene rings is 2. The standard InChI is InChI=1S/C25H27N4O2/c30-16-20-13-22-19(14-24(20)31-17-18-5-2-1-3-6-18)9-11-26-23(22)8-7-21-15-29-12-4-10-27-25(29)28-21/h1-6,10,12-15,23,25-26,30H,7-9,11,16-17H2/q+1. The fourth-order valence-electron chi connectivity index (χ4n) is 4.37. The van der Waals surface area contributed by atoms with E-state index in [1.807, 2.05) is 47.2 Å². The Labute approximate surface area is 182 Å². The molecule has 0 bridgehead atoms. The molecule has 3 heterocycles. The van der Waals surface area contributed by atoms with E-state index in [2.05, 4.69) is 28.7 Å². The second kappa shape index (κ2) is 8.96. The fraction of sp³-hybridized carbons (Fsp3) is 0.320. The van der Waals surface area contributed by atoms with Crippen molar-refractivity contribution in [3.8, 4) is 5.75 Å². The van der Waals surface area contributed by atoms with Crippen LogP contribution in [0.5, 0.6) is 5.75 Å². The van der Waals surface area contributed by atoms with Gasteiger partial charge in [-0.05, 0) is 54.6 Å². The molecule has 6 heteroatoms. The van der Waals surface area contributed by atoms with Crippen LogP contribution in [-0.4, -0.2) is 40.7 Å². The first kappa shape index (κ1) is 19.8.